The van der Waals surface area contributed by atoms with Crippen molar-refractivity contribution in [1.82, 2.24) is 0 Å². The van der Waals surface area contributed by atoms with Crippen LogP contribution < -0.4 is 10.5 Å². The smallest absolute Gasteiger partial charge is 0.311 e. The summed E-state index contributed by atoms with van der Waals surface area (Å²) >= 11 is 0. The molecule has 2 rings (SSSR count). The number of aryl methyl sites for hydroxylation is 1. The molecule has 0 spiro atoms. The molecular formula is C13H18N2O3. The number of ether oxygens (including phenoxy) is 1. The van der Waals surface area contributed by atoms with Gasteiger partial charge in [0.05, 0.1) is 11.0 Å². The minimum Gasteiger partial charge on any atom is -0.483 e. The van der Waals surface area contributed by atoms with Crippen LogP contribution in [0.25, 0.3) is 0 Å². The lowest BCUT2D eigenvalue weighted by molar-refractivity contribution is -0.386. The van der Waals surface area contributed by atoms with Gasteiger partial charge in [-0.25, -0.2) is 0 Å². The molecule has 0 bridgehead atoms. The molecule has 1 saturated carbocycles. The van der Waals surface area contributed by atoms with Gasteiger partial charge in [0.25, 0.3) is 0 Å². The molecule has 0 aliphatic heterocycles. The van der Waals surface area contributed by atoms with Crippen LogP contribution in [0.3, 0.4) is 0 Å². The molecule has 1 fully saturated rings. The van der Waals surface area contributed by atoms with Gasteiger partial charge >= 0.3 is 5.69 Å². The Morgan fingerprint density at radius 3 is 2.61 bits per heavy atom. The van der Waals surface area contributed by atoms with Crippen molar-refractivity contribution in [2.24, 2.45) is 5.73 Å². The maximum absolute atomic E-state index is 11.0. The summed E-state index contributed by atoms with van der Waals surface area (Å²) in [6.45, 7) is 1.83. The molecule has 2 N–H and O–H groups in total. The number of benzene rings is 1. The van der Waals surface area contributed by atoms with Gasteiger partial charge < -0.3 is 10.5 Å². The molecule has 0 atom stereocenters. The van der Waals surface area contributed by atoms with E-state index in [-0.39, 0.29) is 17.8 Å². The predicted octanol–water partition coefficient (Wildman–Crippen LogP) is 2.55. The van der Waals surface area contributed by atoms with Crippen molar-refractivity contribution < 1.29 is 9.66 Å². The third-order valence-corrected chi connectivity index (χ3v) is 3.39. The minimum absolute atomic E-state index is 0.0459. The van der Waals surface area contributed by atoms with Gasteiger partial charge in [-0.15, -0.1) is 0 Å². The molecule has 5 nitrogen and oxygen atoms in total. The van der Waals surface area contributed by atoms with Crippen LogP contribution in [0.15, 0.2) is 18.2 Å². The number of nitrogens with zero attached hydrogens (tertiary/aromatic N) is 1. The SMILES string of the molecule is Cc1cccc([N+](=O)[O-])c1OC1CCC(N)CC1. The van der Waals surface area contributed by atoms with E-state index in [1.807, 2.05) is 13.0 Å². The lowest BCUT2D eigenvalue weighted by Gasteiger charge is -2.27. The highest BCUT2D eigenvalue weighted by atomic mass is 16.6. The molecule has 0 radical (unpaired) electrons. The van der Waals surface area contributed by atoms with Crippen LogP contribution in [0.1, 0.15) is 31.2 Å². The third-order valence-electron chi connectivity index (χ3n) is 3.39. The van der Waals surface area contributed by atoms with E-state index in [1.165, 1.54) is 6.07 Å². The molecule has 98 valence electrons. The Balaban J connectivity index is 2.15. The van der Waals surface area contributed by atoms with Crippen LogP contribution >= 0.6 is 0 Å². The van der Waals surface area contributed by atoms with Crippen LogP contribution in [-0.4, -0.2) is 17.1 Å². The summed E-state index contributed by atoms with van der Waals surface area (Å²) in [7, 11) is 0. The molecule has 0 unspecified atom stereocenters. The standard InChI is InChI=1S/C13H18N2O3/c1-9-3-2-4-12(15(16)17)13(9)18-11-7-5-10(14)6-8-11/h2-4,10-11H,5-8,14H2,1H3. The van der Waals surface area contributed by atoms with E-state index in [4.69, 9.17) is 10.5 Å². The molecule has 0 saturated heterocycles. The zero-order valence-corrected chi connectivity index (χ0v) is 10.5. The monoisotopic (exact) mass is 250 g/mol. The summed E-state index contributed by atoms with van der Waals surface area (Å²) in [5.41, 5.74) is 6.69. The molecule has 1 aliphatic carbocycles. The summed E-state index contributed by atoms with van der Waals surface area (Å²) in [4.78, 5) is 10.6. The van der Waals surface area contributed by atoms with E-state index >= 15 is 0 Å². The molecule has 0 aromatic heterocycles. The molecule has 0 heterocycles. The van der Waals surface area contributed by atoms with E-state index in [1.54, 1.807) is 6.07 Å². The molecule has 1 aromatic carbocycles. The highest BCUT2D eigenvalue weighted by molar-refractivity contribution is 5.51. The molecule has 18 heavy (non-hydrogen) atoms. The quantitative estimate of drug-likeness (QED) is 0.660. The lowest BCUT2D eigenvalue weighted by atomic mass is 9.93. The summed E-state index contributed by atoms with van der Waals surface area (Å²) in [5, 5.41) is 11.0. The second-order valence-corrected chi connectivity index (χ2v) is 4.83. The number of rotatable bonds is 3. The number of nitro benzene ring substituents is 1. The van der Waals surface area contributed by atoms with Gasteiger partial charge in [0.2, 0.25) is 0 Å². The van der Waals surface area contributed by atoms with Crippen LogP contribution in [-0.2, 0) is 0 Å². The Morgan fingerprint density at radius 2 is 2.00 bits per heavy atom. The van der Waals surface area contributed by atoms with Crippen molar-refractivity contribution in [2.75, 3.05) is 0 Å². The molecule has 1 aliphatic rings. The number of para-hydroxylation sites is 1. The Hall–Kier alpha value is -1.62. The first-order chi connectivity index (χ1) is 8.58. The van der Waals surface area contributed by atoms with E-state index in [0.29, 0.717) is 5.75 Å². The zero-order valence-electron chi connectivity index (χ0n) is 10.5. The molecule has 1 aromatic rings. The van der Waals surface area contributed by atoms with Gasteiger partial charge in [-0.2, -0.15) is 0 Å². The molecule has 0 amide bonds. The Bertz CT molecular complexity index is 440. The first-order valence-electron chi connectivity index (χ1n) is 6.24. The molecule has 5 heteroatoms. The average molecular weight is 250 g/mol. The second-order valence-electron chi connectivity index (χ2n) is 4.83. The van der Waals surface area contributed by atoms with Gasteiger partial charge in [-0.05, 0) is 38.2 Å². The third kappa shape index (κ3) is 2.79. The van der Waals surface area contributed by atoms with Crippen LogP contribution in [0, 0.1) is 17.0 Å². The highest BCUT2D eigenvalue weighted by Gasteiger charge is 2.24. The van der Waals surface area contributed by atoms with Gasteiger partial charge in [-0.1, -0.05) is 12.1 Å². The molecular weight excluding hydrogens is 232 g/mol. The Kier molecular flexibility index (Phi) is 3.81. The maximum atomic E-state index is 11.0. The number of nitro groups is 1. The van der Waals surface area contributed by atoms with Gasteiger partial charge in [0.1, 0.15) is 0 Å². The topological polar surface area (TPSA) is 78.4 Å². The summed E-state index contributed by atoms with van der Waals surface area (Å²) < 4.78 is 5.83. The van der Waals surface area contributed by atoms with Crippen LogP contribution in [0.5, 0.6) is 5.75 Å². The summed E-state index contributed by atoms with van der Waals surface area (Å²) in [5.74, 6) is 0.406. The van der Waals surface area contributed by atoms with Gasteiger partial charge in [-0.3, -0.25) is 10.1 Å². The van der Waals surface area contributed by atoms with Gasteiger partial charge in [0, 0.05) is 12.1 Å². The minimum atomic E-state index is -0.392. The maximum Gasteiger partial charge on any atom is 0.311 e. The van der Waals surface area contributed by atoms with Crippen molar-refractivity contribution in [1.29, 1.82) is 0 Å². The first-order valence-corrected chi connectivity index (χ1v) is 6.24. The largest absolute Gasteiger partial charge is 0.483 e. The normalized spacial score (nSPS) is 23.7. The van der Waals surface area contributed by atoms with E-state index in [2.05, 4.69) is 0 Å². The first kappa shape index (κ1) is 12.8. The Morgan fingerprint density at radius 1 is 1.33 bits per heavy atom. The van der Waals surface area contributed by atoms with Crippen molar-refractivity contribution >= 4 is 5.69 Å². The van der Waals surface area contributed by atoms with E-state index < -0.39 is 4.92 Å². The number of hydrogen-bond acceptors (Lipinski definition) is 4. The fourth-order valence-corrected chi connectivity index (χ4v) is 2.31. The van der Waals surface area contributed by atoms with Crippen molar-refractivity contribution in [2.45, 2.75) is 44.8 Å². The fourth-order valence-electron chi connectivity index (χ4n) is 2.31. The van der Waals surface area contributed by atoms with Crippen molar-refractivity contribution in [3.05, 3.63) is 33.9 Å². The fraction of sp³-hybridized carbons (Fsp3) is 0.538. The Labute approximate surface area is 106 Å². The van der Waals surface area contributed by atoms with Crippen molar-refractivity contribution in [3.63, 3.8) is 0 Å². The number of hydrogen-bond donors (Lipinski definition) is 1. The second kappa shape index (κ2) is 5.35. The zero-order chi connectivity index (χ0) is 13.1. The summed E-state index contributed by atoms with van der Waals surface area (Å²) in [6, 6.07) is 5.24. The summed E-state index contributed by atoms with van der Waals surface area (Å²) in [6.07, 6.45) is 3.62. The van der Waals surface area contributed by atoms with E-state index in [0.717, 1.165) is 31.2 Å². The highest BCUT2D eigenvalue weighted by Crippen LogP contribution is 2.33. The predicted molar refractivity (Wildman–Crippen MR) is 68.7 cm³/mol. The van der Waals surface area contributed by atoms with Gasteiger partial charge in [0.15, 0.2) is 5.75 Å². The average Bonchev–Trinajstić information content (AvgIpc) is 2.34. The van der Waals surface area contributed by atoms with Crippen LogP contribution in [0.2, 0.25) is 0 Å². The lowest BCUT2D eigenvalue weighted by Crippen LogP contribution is -2.31. The number of nitrogens with two attached hydrogens (primary N) is 1. The van der Waals surface area contributed by atoms with Crippen LogP contribution in [0.4, 0.5) is 5.69 Å². The van der Waals surface area contributed by atoms with Crippen molar-refractivity contribution in [3.8, 4) is 5.75 Å². The van der Waals surface area contributed by atoms with E-state index in [9.17, 15) is 10.1 Å².